The third kappa shape index (κ3) is 8.35. The first-order valence-corrected chi connectivity index (χ1v) is 5.12. The van der Waals surface area contributed by atoms with Crippen LogP contribution in [-0.4, -0.2) is 29.2 Å². The van der Waals surface area contributed by atoms with Crippen LogP contribution in [0.25, 0.3) is 0 Å². The van der Waals surface area contributed by atoms with Gasteiger partial charge in [-0.3, -0.25) is 4.79 Å². The zero-order chi connectivity index (χ0) is 10.5. The maximum atomic E-state index is 12.2. The quantitative estimate of drug-likeness (QED) is 0.443. The molecule has 1 unspecified atom stereocenters. The van der Waals surface area contributed by atoms with Gasteiger partial charge in [0.05, 0.1) is 6.61 Å². The van der Waals surface area contributed by atoms with Crippen LogP contribution in [0, 0.1) is 0 Å². The molecule has 0 aliphatic heterocycles. The zero-order valence-electron chi connectivity index (χ0n) is 7.35. The highest BCUT2D eigenvalue weighted by molar-refractivity contribution is 14.1. The molecule has 1 atom stereocenters. The van der Waals surface area contributed by atoms with Crippen molar-refractivity contribution >= 4 is 28.6 Å². The topological polar surface area (TPSA) is 35.5 Å². The number of carbonyl (C=O) groups excluding carboxylic acids is 1. The van der Waals surface area contributed by atoms with Gasteiger partial charge in [-0.2, -0.15) is 8.78 Å². The van der Waals surface area contributed by atoms with Gasteiger partial charge < -0.3 is 9.47 Å². The number of carbonyl (C=O) groups is 1. The van der Waals surface area contributed by atoms with Crippen LogP contribution in [0.2, 0.25) is 0 Å². The van der Waals surface area contributed by atoms with Gasteiger partial charge >= 0.3 is 12.1 Å². The summed E-state index contributed by atoms with van der Waals surface area (Å²) in [6, 6.07) is 0. The summed E-state index contributed by atoms with van der Waals surface area (Å²) in [5, 5.41) is 0. The first kappa shape index (κ1) is 13.0. The van der Waals surface area contributed by atoms with Gasteiger partial charge in [-0.15, -0.1) is 0 Å². The SMILES string of the molecule is CC(=O)OC(CI)COC(C)(F)F. The summed E-state index contributed by atoms with van der Waals surface area (Å²) < 4.78 is 33.7. The van der Waals surface area contributed by atoms with Crippen molar-refractivity contribution in [3.63, 3.8) is 0 Å². The highest BCUT2D eigenvalue weighted by Gasteiger charge is 2.24. The van der Waals surface area contributed by atoms with Gasteiger partial charge in [0.1, 0.15) is 6.10 Å². The molecule has 0 aliphatic carbocycles. The molecule has 0 fully saturated rings. The van der Waals surface area contributed by atoms with E-state index >= 15 is 0 Å². The van der Waals surface area contributed by atoms with Gasteiger partial charge in [-0.1, -0.05) is 22.6 Å². The minimum atomic E-state index is -3.18. The fourth-order valence-electron chi connectivity index (χ4n) is 0.584. The van der Waals surface area contributed by atoms with Crippen LogP contribution in [0.5, 0.6) is 0 Å². The second kappa shape index (κ2) is 5.69. The van der Waals surface area contributed by atoms with Gasteiger partial charge in [0, 0.05) is 18.3 Å². The molecule has 78 valence electrons. The van der Waals surface area contributed by atoms with Crippen LogP contribution < -0.4 is 0 Å². The van der Waals surface area contributed by atoms with Crippen molar-refractivity contribution in [3.8, 4) is 0 Å². The van der Waals surface area contributed by atoms with E-state index in [1.807, 2.05) is 22.6 Å². The van der Waals surface area contributed by atoms with Crippen molar-refractivity contribution < 1.29 is 23.0 Å². The Morgan fingerprint density at radius 3 is 2.46 bits per heavy atom. The molecule has 0 bridgehead atoms. The van der Waals surface area contributed by atoms with E-state index in [4.69, 9.17) is 4.74 Å². The van der Waals surface area contributed by atoms with Crippen molar-refractivity contribution in [2.45, 2.75) is 26.1 Å². The molecule has 6 heteroatoms. The average Bonchev–Trinajstić information content (AvgIpc) is 1.95. The van der Waals surface area contributed by atoms with Crippen LogP contribution in [0.3, 0.4) is 0 Å². The molecule has 13 heavy (non-hydrogen) atoms. The fraction of sp³-hybridized carbons (Fsp3) is 0.857. The van der Waals surface area contributed by atoms with Gasteiger partial charge in [0.15, 0.2) is 0 Å². The summed E-state index contributed by atoms with van der Waals surface area (Å²) in [4.78, 5) is 10.5. The molecule has 0 rings (SSSR count). The number of ether oxygens (including phenoxy) is 2. The van der Waals surface area contributed by atoms with Crippen LogP contribution >= 0.6 is 22.6 Å². The number of hydrogen-bond donors (Lipinski definition) is 0. The van der Waals surface area contributed by atoms with E-state index in [0.717, 1.165) is 0 Å². The van der Waals surface area contributed by atoms with Gasteiger partial charge in [-0.05, 0) is 0 Å². The Hall–Kier alpha value is 0.0200. The van der Waals surface area contributed by atoms with Crippen molar-refractivity contribution in [2.75, 3.05) is 11.0 Å². The average molecular weight is 308 g/mol. The summed E-state index contributed by atoms with van der Waals surface area (Å²) in [7, 11) is 0. The van der Waals surface area contributed by atoms with Crippen molar-refractivity contribution in [2.24, 2.45) is 0 Å². The fourth-order valence-corrected chi connectivity index (χ4v) is 1.02. The molecule has 0 radical (unpaired) electrons. The van der Waals surface area contributed by atoms with Crippen molar-refractivity contribution in [1.82, 2.24) is 0 Å². The van der Waals surface area contributed by atoms with Crippen LogP contribution in [0.4, 0.5) is 8.78 Å². The Kier molecular flexibility index (Phi) is 5.70. The van der Waals surface area contributed by atoms with Gasteiger partial charge in [-0.25, -0.2) is 0 Å². The second-order valence-electron chi connectivity index (χ2n) is 2.50. The maximum absolute atomic E-state index is 12.2. The van der Waals surface area contributed by atoms with E-state index in [1.54, 1.807) is 0 Å². The predicted octanol–water partition coefficient (Wildman–Crippen LogP) is 1.98. The summed E-state index contributed by atoms with van der Waals surface area (Å²) >= 11 is 1.93. The molecule has 0 saturated heterocycles. The lowest BCUT2D eigenvalue weighted by atomic mass is 10.4. The summed E-state index contributed by atoms with van der Waals surface area (Å²) in [6.45, 7) is 1.58. The van der Waals surface area contributed by atoms with E-state index < -0.39 is 18.2 Å². The number of hydrogen-bond acceptors (Lipinski definition) is 3. The molecule has 0 heterocycles. The van der Waals surface area contributed by atoms with Gasteiger partial charge in [0.25, 0.3) is 0 Å². The number of alkyl halides is 3. The smallest absolute Gasteiger partial charge is 0.353 e. The third-order valence-electron chi connectivity index (χ3n) is 1.03. The molecule has 0 amide bonds. The molecule has 0 saturated carbocycles. The Morgan fingerprint density at radius 1 is 1.62 bits per heavy atom. The predicted molar refractivity (Wildman–Crippen MR) is 51.0 cm³/mol. The molecular weight excluding hydrogens is 297 g/mol. The summed E-state index contributed by atoms with van der Waals surface area (Å²) in [6.07, 6.45) is -3.78. The van der Waals surface area contributed by atoms with E-state index in [2.05, 4.69) is 4.74 Å². The largest absolute Gasteiger partial charge is 0.459 e. The number of esters is 1. The van der Waals surface area contributed by atoms with Crippen LogP contribution in [0.15, 0.2) is 0 Å². The highest BCUT2D eigenvalue weighted by Crippen LogP contribution is 2.14. The van der Waals surface area contributed by atoms with Crippen molar-refractivity contribution in [3.05, 3.63) is 0 Å². The molecule has 0 N–H and O–H groups in total. The maximum Gasteiger partial charge on any atom is 0.353 e. The minimum absolute atomic E-state index is 0.286. The van der Waals surface area contributed by atoms with E-state index in [0.29, 0.717) is 11.4 Å². The first-order chi connectivity index (χ1) is 5.85. The monoisotopic (exact) mass is 308 g/mol. The molecule has 0 spiro atoms. The first-order valence-electron chi connectivity index (χ1n) is 3.60. The van der Waals surface area contributed by atoms with Crippen molar-refractivity contribution in [1.29, 1.82) is 0 Å². The van der Waals surface area contributed by atoms with Crippen LogP contribution in [0.1, 0.15) is 13.8 Å². The van der Waals surface area contributed by atoms with Gasteiger partial charge in [0.2, 0.25) is 0 Å². The van der Waals surface area contributed by atoms with Crippen LogP contribution in [-0.2, 0) is 14.3 Å². The number of halogens is 3. The molecule has 0 aromatic carbocycles. The molecule has 0 aromatic heterocycles. The minimum Gasteiger partial charge on any atom is -0.459 e. The lowest BCUT2D eigenvalue weighted by molar-refractivity contribution is -0.235. The molecule has 0 aromatic rings. The zero-order valence-corrected chi connectivity index (χ0v) is 9.51. The Bertz CT molecular complexity index is 170. The number of rotatable bonds is 5. The Morgan fingerprint density at radius 2 is 2.15 bits per heavy atom. The second-order valence-corrected chi connectivity index (χ2v) is 3.39. The molecule has 0 aliphatic rings. The standard InChI is InChI=1S/C7H11F2IO3/c1-5(11)13-6(3-10)4-12-7(2,8)9/h6H,3-4H2,1-2H3. The lowest BCUT2D eigenvalue weighted by Crippen LogP contribution is -2.28. The highest BCUT2D eigenvalue weighted by atomic mass is 127. The Labute approximate surface area is 88.9 Å². The van der Waals surface area contributed by atoms with E-state index in [1.165, 1.54) is 6.92 Å². The van der Waals surface area contributed by atoms with E-state index in [9.17, 15) is 13.6 Å². The lowest BCUT2D eigenvalue weighted by Gasteiger charge is -2.17. The molecule has 3 nitrogen and oxygen atoms in total. The third-order valence-corrected chi connectivity index (χ3v) is 2.01. The normalized spacial score (nSPS) is 13.9. The molecular formula is C7H11F2IO3. The summed E-state index contributed by atoms with van der Waals surface area (Å²) in [5.41, 5.74) is 0. The van der Waals surface area contributed by atoms with E-state index in [-0.39, 0.29) is 6.61 Å². The Balaban J connectivity index is 3.79. The summed E-state index contributed by atoms with van der Waals surface area (Å²) in [5.74, 6) is -0.496.